The predicted octanol–water partition coefficient (Wildman–Crippen LogP) is 2.12. The molecule has 3 aliphatic rings. The summed E-state index contributed by atoms with van der Waals surface area (Å²) < 4.78 is 5.23. The second-order valence-corrected chi connectivity index (χ2v) is 9.02. The summed E-state index contributed by atoms with van der Waals surface area (Å²) in [6.07, 6.45) is 5.20. The molecule has 2 saturated heterocycles. The van der Waals surface area contributed by atoms with Gasteiger partial charge in [-0.25, -0.2) is 4.98 Å². The Kier molecular flexibility index (Phi) is 5.70. The number of ether oxygens (including phenoxy) is 1. The number of nitrogens with zero attached hydrogens (tertiary/aromatic N) is 3. The number of carbonyl (C=O) groups excluding carboxylic acids is 3. The van der Waals surface area contributed by atoms with E-state index >= 15 is 0 Å². The molecule has 8 nitrogen and oxygen atoms in total. The SMILES string of the molecule is COc1ccc2c(c1)C(=O)N(C[C@@]1(C#Cc3ccc(N4CCCCC4)nc3)CC(=O)NC1=O)C2. The van der Waals surface area contributed by atoms with Gasteiger partial charge in [0.25, 0.3) is 5.91 Å². The van der Waals surface area contributed by atoms with Gasteiger partial charge < -0.3 is 14.5 Å². The molecule has 1 N–H and O–H groups in total. The second-order valence-electron chi connectivity index (χ2n) is 9.02. The number of piperidine rings is 1. The minimum atomic E-state index is -1.30. The Hall–Kier alpha value is -3.86. The van der Waals surface area contributed by atoms with Crippen LogP contribution in [0.25, 0.3) is 0 Å². The van der Waals surface area contributed by atoms with Crippen LogP contribution < -0.4 is 15.0 Å². The zero-order valence-corrected chi connectivity index (χ0v) is 19.1. The van der Waals surface area contributed by atoms with Crippen molar-refractivity contribution in [3.05, 3.63) is 53.2 Å². The van der Waals surface area contributed by atoms with Crippen LogP contribution in [-0.2, 0) is 16.1 Å². The lowest BCUT2D eigenvalue weighted by molar-refractivity contribution is -0.127. The van der Waals surface area contributed by atoms with Gasteiger partial charge in [0, 0.05) is 43.5 Å². The van der Waals surface area contributed by atoms with Crippen molar-refractivity contribution in [3.63, 3.8) is 0 Å². The molecule has 0 aliphatic carbocycles. The molecule has 0 spiro atoms. The number of carbonyl (C=O) groups is 3. The van der Waals surface area contributed by atoms with E-state index in [4.69, 9.17) is 4.74 Å². The molecule has 3 amide bonds. The first-order chi connectivity index (χ1) is 16.5. The Morgan fingerprint density at radius 3 is 2.62 bits per heavy atom. The van der Waals surface area contributed by atoms with Crippen LogP contribution in [0.1, 0.15) is 47.2 Å². The van der Waals surface area contributed by atoms with Crippen LogP contribution in [0.4, 0.5) is 5.82 Å². The van der Waals surface area contributed by atoms with E-state index in [0.29, 0.717) is 23.4 Å². The van der Waals surface area contributed by atoms with Gasteiger partial charge in [-0.2, -0.15) is 0 Å². The van der Waals surface area contributed by atoms with Crippen LogP contribution in [0.3, 0.4) is 0 Å². The summed E-state index contributed by atoms with van der Waals surface area (Å²) in [6, 6.07) is 9.17. The maximum absolute atomic E-state index is 13.0. The van der Waals surface area contributed by atoms with Crippen LogP contribution in [0, 0.1) is 17.3 Å². The van der Waals surface area contributed by atoms with E-state index in [-0.39, 0.29) is 24.8 Å². The first-order valence-electron chi connectivity index (χ1n) is 11.5. The third-order valence-electron chi connectivity index (χ3n) is 6.68. The van der Waals surface area contributed by atoms with E-state index in [0.717, 1.165) is 24.5 Å². The summed E-state index contributed by atoms with van der Waals surface area (Å²) >= 11 is 0. The van der Waals surface area contributed by atoms with Crippen molar-refractivity contribution in [2.75, 3.05) is 31.6 Å². The van der Waals surface area contributed by atoms with Gasteiger partial charge in [-0.15, -0.1) is 0 Å². The Balaban J connectivity index is 1.38. The number of fused-ring (bicyclic) bond motifs is 1. The largest absolute Gasteiger partial charge is 0.497 e. The lowest BCUT2D eigenvalue weighted by atomic mass is 9.85. The standard InChI is InChI=1S/C26H26N4O4/c1-34-20-7-6-19-16-30(24(32)21(19)13-20)17-26(14-23(31)28-25(26)33)10-9-18-5-8-22(27-15-18)29-11-3-2-4-12-29/h5-8,13,15H,2-4,11-12,14,16-17H2,1H3,(H,28,31,33)/t26-/m1/s1. The van der Waals surface area contributed by atoms with Crippen molar-refractivity contribution in [1.29, 1.82) is 0 Å². The highest BCUT2D eigenvalue weighted by Gasteiger charge is 2.48. The Morgan fingerprint density at radius 1 is 1.12 bits per heavy atom. The molecule has 3 aliphatic heterocycles. The molecule has 0 saturated carbocycles. The Bertz CT molecular complexity index is 1210. The summed E-state index contributed by atoms with van der Waals surface area (Å²) in [5.74, 6) is 6.53. The molecule has 5 rings (SSSR count). The number of hydrogen-bond acceptors (Lipinski definition) is 6. The summed E-state index contributed by atoms with van der Waals surface area (Å²) in [5.41, 5.74) is 0.763. The highest BCUT2D eigenvalue weighted by Crippen LogP contribution is 2.33. The Labute approximate surface area is 198 Å². The van der Waals surface area contributed by atoms with Gasteiger partial charge in [0.15, 0.2) is 0 Å². The molecule has 2 aromatic rings. The van der Waals surface area contributed by atoms with Gasteiger partial charge in [0.1, 0.15) is 17.0 Å². The van der Waals surface area contributed by atoms with E-state index in [1.807, 2.05) is 18.2 Å². The van der Waals surface area contributed by atoms with Gasteiger partial charge in [-0.05, 0) is 49.1 Å². The first kappa shape index (κ1) is 22.0. The van der Waals surface area contributed by atoms with E-state index in [9.17, 15) is 14.4 Å². The normalized spacial score (nSPS) is 21.7. The van der Waals surface area contributed by atoms with Gasteiger partial charge in [-0.3, -0.25) is 19.7 Å². The fourth-order valence-electron chi connectivity index (χ4n) is 4.80. The number of nitrogens with one attached hydrogen (secondary N) is 1. The minimum absolute atomic E-state index is 0.0344. The fraction of sp³-hybridized carbons (Fsp3) is 0.385. The van der Waals surface area contributed by atoms with Crippen LogP contribution in [-0.4, -0.2) is 54.3 Å². The minimum Gasteiger partial charge on any atom is -0.497 e. The van der Waals surface area contributed by atoms with Crippen molar-refractivity contribution in [3.8, 4) is 17.6 Å². The van der Waals surface area contributed by atoms with Crippen molar-refractivity contribution < 1.29 is 19.1 Å². The maximum Gasteiger partial charge on any atom is 0.254 e. The molecule has 1 aromatic carbocycles. The molecular weight excluding hydrogens is 432 g/mol. The zero-order chi connectivity index (χ0) is 23.7. The summed E-state index contributed by atoms with van der Waals surface area (Å²) in [5, 5.41) is 2.36. The van der Waals surface area contributed by atoms with Crippen LogP contribution in [0.2, 0.25) is 0 Å². The van der Waals surface area contributed by atoms with Crippen molar-refractivity contribution in [1.82, 2.24) is 15.2 Å². The van der Waals surface area contributed by atoms with Crippen molar-refractivity contribution >= 4 is 23.5 Å². The number of benzene rings is 1. The lowest BCUT2D eigenvalue weighted by Crippen LogP contribution is -2.42. The second kappa shape index (κ2) is 8.82. The molecule has 1 atom stereocenters. The molecule has 0 bridgehead atoms. The third-order valence-corrected chi connectivity index (χ3v) is 6.68. The molecule has 0 radical (unpaired) electrons. The Morgan fingerprint density at radius 2 is 1.94 bits per heavy atom. The van der Waals surface area contributed by atoms with E-state index < -0.39 is 11.3 Å². The summed E-state index contributed by atoms with van der Waals surface area (Å²) in [4.78, 5) is 46.4. The van der Waals surface area contributed by atoms with Crippen molar-refractivity contribution in [2.45, 2.75) is 32.2 Å². The average Bonchev–Trinajstić information content (AvgIpc) is 3.32. The number of amides is 3. The van der Waals surface area contributed by atoms with Gasteiger partial charge in [-0.1, -0.05) is 17.9 Å². The average molecular weight is 459 g/mol. The number of anilines is 1. The number of methoxy groups -OCH3 is 1. The molecule has 0 unspecified atom stereocenters. The third kappa shape index (κ3) is 4.10. The maximum atomic E-state index is 13.0. The first-order valence-corrected chi connectivity index (χ1v) is 11.5. The van der Waals surface area contributed by atoms with Crippen LogP contribution in [0.5, 0.6) is 5.75 Å². The molecule has 174 valence electrons. The summed E-state index contributed by atoms with van der Waals surface area (Å²) in [7, 11) is 1.55. The number of imide groups is 1. The molecule has 1 aromatic heterocycles. The van der Waals surface area contributed by atoms with E-state index in [1.54, 1.807) is 30.3 Å². The lowest BCUT2D eigenvalue weighted by Gasteiger charge is -2.27. The highest BCUT2D eigenvalue weighted by atomic mass is 16.5. The molecule has 8 heteroatoms. The smallest absolute Gasteiger partial charge is 0.254 e. The number of pyridine rings is 1. The molecule has 4 heterocycles. The topological polar surface area (TPSA) is 91.8 Å². The number of aromatic nitrogens is 1. The van der Waals surface area contributed by atoms with E-state index in [2.05, 4.69) is 27.0 Å². The molecular formula is C26H26N4O4. The predicted molar refractivity (Wildman–Crippen MR) is 125 cm³/mol. The summed E-state index contributed by atoms with van der Waals surface area (Å²) in [6.45, 7) is 2.39. The number of rotatable bonds is 4. The van der Waals surface area contributed by atoms with E-state index in [1.165, 1.54) is 19.3 Å². The van der Waals surface area contributed by atoms with Crippen LogP contribution >= 0.6 is 0 Å². The highest BCUT2D eigenvalue weighted by molar-refractivity contribution is 6.08. The van der Waals surface area contributed by atoms with Gasteiger partial charge >= 0.3 is 0 Å². The molecule has 2 fully saturated rings. The number of hydrogen-bond donors (Lipinski definition) is 1. The monoisotopic (exact) mass is 458 g/mol. The van der Waals surface area contributed by atoms with Gasteiger partial charge in [0.2, 0.25) is 11.8 Å². The van der Waals surface area contributed by atoms with Crippen molar-refractivity contribution in [2.24, 2.45) is 5.41 Å². The molecule has 34 heavy (non-hydrogen) atoms. The quantitative estimate of drug-likeness (QED) is 0.558. The van der Waals surface area contributed by atoms with Crippen LogP contribution in [0.15, 0.2) is 36.5 Å². The fourth-order valence-corrected chi connectivity index (χ4v) is 4.80. The zero-order valence-electron chi connectivity index (χ0n) is 19.1. The van der Waals surface area contributed by atoms with Gasteiger partial charge in [0.05, 0.1) is 13.5 Å².